The molecule has 0 radical (unpaired) electrons. The molecule has 0 fully saturated rings. The third-order valence-electron chi connectivity index (χ3n) is 6.94. The van der Waals surface area contributed by atoms with Gasteiger partial charge in [-0.3, -0.25) is 4.79 Å². The first kappa shape index (κ1) is 33.9. The summed E-state index contributed by atoms with van der Waals surface area (Å²) in [6, 6.07) is 11.7. The average Bonchev–Trinajstić information content (AvgIpc) is 2.95. The first-order valence-electron chi connectivity index (χ1n) is 14.2. The molecule has 1 amide bonds. The summed E-state index contributed by atoms with van der Waals surface area (Å²) in [4.78, 5) is 15.5. The number of hydrogen-bond acceptors (Lipinski definition) is 3. The standard InChI is InChI=1S/C34H37ClF4N2O2/c1-5-41(6-2)13-14-43-33-12-9-26(21-28(33)35)34(42)40-27(17-22(3)15-24-7-10-29(36)31(38)19-24)18-23(4)16-25-8-11-30(37)32(39)20-25/h7-12,15-16,19-21,27H,5-6,13-14,17-18H2,1-4H3,(H,40,42)/b22-15-,23-16-. The van der Waals surface area contributed by atoms with Gasteiger partial charge in [-0.05, 0) is 93.4 Å². The van der Waals surface area contributed by atoms with E-state index < -0.39 is 29.3 Å². The molecule has 3 aromatic rings. The topological polar surface area (TPSA) is 41.6 Å². The second-order valence-electron chi connectivity index (χ2n) is 10.4. The van der Waals surface area contributed by atoms with Crippen molar-refractivity contribution in [3.63, 3.8) is 0 Å². The molecule has 0 saturated carbocycles. The highest BCUT2D eigenvalue weighted by Crippen LogP contribution is 2.26. The van der Waals surface area contributed by atoms with E-state index in [0.717, 1.165) is 55.0 Å². The lowest BCUT2D eigenvalue weighted by atomic mass is 9.97. The van der Waals surface area contributed by atoms with Crippen molar-refractivity contribution in [3.05, 3.63) is 111 Å². The number of benzene rings is 3. The van der Waals surface area contributed by atoms with E-state index in [-0.39, 0.29) is 5.91 Å². The molecule has 230 valence electrons. The Hall–Kier alpha value is -3.62. The van der Waals surface area contributed by atoms with E-state index >= 15 is 0 Å². The maximum Gasteiger partial charge on any atom is 0.251 e. The number of carbonyl (C=O) groups excluding carboxylic acids is 1. The van der Waals surface area contributed by atoms with Crippen LogP contribution in [0.15, 0.2) is 65.7 Å². The molecule has 3 rings (SSSR count). The monoisotopic (exact) mass is 616 g/mol. The highest BCUT2D eigenvalue weighted by atomic mass is 35.5. The molecule has 0 heterocycles. The third-order valence-corrected chi connectivity index (χ3v) is 7.23. The summed E-state index contributed by atoms with van der Waals surface area (Å²) < 4.78 is 60.1. The van der Waals surface area contributed by atoms with Crippen LogP contribution in [0.25, 0.3) is 12.2 Å². The van der Waals surface area contributed by atoms with Crippen LogP contribution < -0.4 is 10.1 Å². The molecule has 0 aliphatic carbocycles. The van der Waals surface area contributed by atoms with Crippen molar-refractivity contribution < 1.29 is 27.1 Å². The summed E-state index contributed by atoms with van der Waals surface area (Å²) in [5.74, 6) is -3.64. The summed E-state index contributed by atoms with van der Waals surface area (Å²) in [5.41, 5.74) is 2.94. The van der Waals surface area contributed by atoms with Crippen LogP contribution in [-0.4, -0.2) is 43.1 Å². The van der Waals surface area contributed by atoms with Gasteiger partial charge in [-0.2, -0.15) is 0 Å². The van der Waals surface area contributed by atoms with E-state index in [4.69, 9.17) is 16.3 Å². The van der Waals surface area contributed by atoms with Crippen LogP contribution in [0, 0.1) is 23.3 Å². The molecule has 0 saturated heterocycles. The lowest BCUT2D eigenvalue weighted by molar-refractivity contribution is 0.0936. The van der Waals surface area contributed by atoms with Crippen molar-refractivity contribution in [3.8, 4) is 5.75 Å². The zero-order valence-electron chi connectivity index (χ0n) is 24.8. The molecule has 4 nitrogen and oxygen atoms in total. The largest absolute Gasteiger partial charge is 0.491 e. The molecule has 0 atom stereocenters. The van der Waals surface area contributed by atoms with Crippen molar-refractivity contribution >= 4 is 29.7 Å². The van der Waals surface area contributed by atoms with Gasteiger partial charge < -0.3 is 15.0 Å². The summed E-state index contributed by atoms with van der Waals surface area (Å²) in [7, 11) is 0. The fourth-order valence-corrected chi connectivity index (χ4v) is 4.93. The number of halogens is 5. The number of hydrogen-bond donors (Lipinski definition) is 1. The van der Waals surface area contributed by atoms with Crippen LogP contribution in [0.2, 0.25) is 5.02 Å². The predicted octanol–water partition coefficient (Wildman–Crippen LogP) is 8.70. The molecule has 3 aromatic carbocycles. The van der Waals surface area contributed by atoms with Gasteiger partial charge >= 0.3 is 0 Å². The normalized spacial score (nSPS) is 12.3. The SMILES string of the molecule is CCN(CC)CCOc1ccc(C(=O)NC(C/C(C)=C\c2ccc(F)c(F)c2)C/C(C)=C\c2ccc(F)c(F)c2)cc1Cl. The molecule has 43 heavy (non-hydrogen) atoms. The van der Waals surface area contributed by atoms with Gasteiger partial charge in [0, 0.05) is 18.2 Å². The molecule has 9 heteroatoms. The van der Waals surface area contributed by atoms with Crippen molar-refractivity contribution in [2.45, 2.75) is 46.6 Å². The first-order valence-corrected chi connectivity index (χ1v) is 14.6. The number of amides is 1. The number of nitrogens with zero attached hydrogens (tertiary/aromatic N) is 1. The summed E-state index contributed by atoms with van der Waals surface area (Å²) in [6.45, 7) is 10.9. The van der Waals surface area contributed by atoms with Gasteiger partial charge in [-0.25, -0.2) is 17.6 Å². The lowest BCUT2D eigenvalue weighted by Crippen LogP contribution is -2.35. The van der Waals surface area contributed by atoms with Gasteiger partial charge in [0.05, 0.1) is 5.02 Å². The van der Waals surface area contributed by atoms with Gasteiger partial charge in [0.25, 0.3) is 5.91 Å². The molecular weight excluding hydrogens is 580 g/mol. The Morgan fingerprint density at radius 3 is 1.84 bits per heavy atom. The number of likely N-dealkylation sites (N-methyl/N-ethyl adjacent to an activating group) is 1. The molecule has 0 spiro atoms. The second kappa shape index (κ2) is 16.3. The van der Waals surface area contributed by atoms with Gasteiger partial charge in [-0.15, -0.1) is 0 Å². The van der Waals surface area contributed by atoms with Crippen LogP contribution >= 0.6 is 11.6 Å². The Morgan fingerprint density at radius 1 is 0.837 bits per heavy atom. The number of ether oxygens (including phenoxy) is 1. The Kier molecular flexibility index (Phi) is 12.8. The summed E-state index contributed by atoms with van der Waals surface area (Å²) in [5, 5.41) is 3.35. The van der Waals surface area contributed by atoms with Gasteiger partial charge in [0.2, 0.25) is 0 Å². The molecule has 0 aliphatic rings. The van der Waals surface area contributed by atoms with E-state index in [1.54, 1.807) is 30.4 Å². The molecular formula is C34H37ClF4N2O2. The van der Waals surface area contributed by atoms with Gasteiger partial charge in [-0.1, -0.05) is 60.9 Å². The van der Waals surface area contributed by atoms with Crippen molar-refractivity contribution in [2.24, 2.45) is 0 Å². The number of nitrogens with one attached hydrogen (secondary N) is 1. The first-order chi connectivity index (χ1) is 20.5. The minimum absolute atomic E-state index is 0.313. The number of rotatable bonds is 14. The van der Waals surface area contributed by atoms with Crippen molar-refractivity contribution in [1.29, 1.82) is 0 Å². The quantitative estimate of drug-likeness (QED) is 0.184. The van der Waals surface area contributed by atoms with Crippen LogP contribution in [0.5, 0.6) is 5.75 Å². The molecule has 0 aromatic heterocycles. The molecule has 0 unspecified atom stereocenters. The fourth-order valence-electron chi connectivity index (χ4n) is 4.70. The summed E-state index contributed by atoms with van der Waals surface area (Å²) >= 11 is 6.44. The Morgan fingerprint density at radius 2 is 1.37 bits per heavy atom. The van der Waals surface area contributed by atoms with Crippen LogP contribution in [0.1, 0.15) is 62.0 Å². The Labute approximate surface area is 256 Å². The van der Waals surface area contributed by atoms with Crippen LogP contribution in [0.4, 0.5) is 17.6 Å². The van der Waals surface area contributed by atoms with Crippen molar-refractivity contribution in [1.82, 2.24) is 10.2 Å². The third kappa shape index (κ3) is 10.6. The average molecular weight is 617 g/mol. The zero-order chi connectivity index (χ0) is 31.5. The maximum absolute atomic E-state index is 13.7. The second-order valence-corrected chi connectivity index (χ2v) is 10.8. The molecule has 0 aliphatic heterocycles. The number of carbonyl (C=O) groups is 1. The highest BCUT2D eigenvalue weighted by Gasteiger charge is 2.17. The fraction of sp³-hybridized carbons (Fsp3) is 0.324. The predicted molar refractivity (Wildman–Crippen MR) is 165 cm³/mol. The van der Waals surface area contributed by atoms with Crippen LogP contribution in [-0.2, 0) is 0 Å². The Balaban J connectivity index is 1.78. The van der Waals surface area contributed by atoms with E-state index in [1.165, 1.54) is 12.1 Å². The smallest absolute Gasteiger partial charge is 0.251 e. The molecule has 1 N–H and O–H groups in total. The minimum atomic E-state index is -0.950. The van der Waals surface area contributed by atoms with E-state index in [0.29, 0.717) is 46.9 Å². The van der Waals surface area contributed by atoms with Gasteiger partial charge in [0.1, 0.15) is 12.4 Å². The maximum atomic E-state index is 13.7. The lowest BCUT2D eigenvalue weighted by Gasteiger charge is -2.21. The van der Waals surface area contributed by atoms with E-state index in [9.17, 15) is 22.4 Å². The van der Waals surface area contributed by atoms with Crippen molar-refractivity contribution in [2.75, 3.05) is 26.2 Å². The van der Waals surface area contributed by atoms with E-state index in [1.807, 2.05) is 13.8 Å². The summed E-state index contributed by atoms with van der Waals surface area (Å²) in [6.07, 6.45) is 4.20. The minimum Gasteiger partial charge on any atom is -0.491 e. The van der Waals surface area contributed by atoms with Crippen LogP contribution in [0.3, 0.4) is 0 Å². The highest BCUT2D eigenvalue weighted by molar-refractivity contribution is 6.32. The zero-order valence-corrected chi connectivity index (χ0v) is 25.6. The van der Waals surface area contributed by atoms with E-state index in [2.05, 4.69) is 24.1 Å². The molecule has 0 bridgehead atoms. The van der Waals surface area contributed by atoms with Gasteiger partial charge in [0.15, 0.2) is 23.3 Å². The Bertz CT molecular complexity index is 1400.